The van der Waals surface area contributed by atoms with Crippen LogP contribution in [0.1, 0.15) is 6.92 Å². The zero-order valence-corrected chi connectivity index (χ0v) is 13.4. The van der Waals surface area contributed by atoms with Crippen LogP contribution >= 0.6 is 12.6 Å². The Kier molecular flexibility index (Phi) is 6.65. The van der Waals surface area contributed by atoms with Crippen molar-refractivity contribution in [3.63, 3.8) is 0 Å². The molecule has 23 heavy (non-hydrogen) atoms. The van der Waals surface area contributed by atoms with Crippen LogP contribution in [0.15, 0.2) is 0 Å². The third-order valence-corrected chi connectivity index (χ3v) is 4.60. The fourth-order valence-corrected chi connectivity index (χ4v) is 3.08. The first-order valence-electron chi connectivity index (χ1n) is 7.40. The van der Waals surface area contributed by atoms with Gasteiger partial charge in [0, 0.05) is 5.75 Å². The SMILES string of the molecule is C[C@@H]1OC(CO)[C@H](O[C@@H]2OC(CS)[C@H](O)[C@H](O)C2O)[C@H](O)C1O. The highest BCUT2D eigenvalue weighted by Crippen LogP contribution is 2.29. The lowest BCUT2D eigenvalue weighted by Crippen LogP contribution is -2.64. The Morgan fingerprint density at radius 3 is 2.09 bits per heavy atom. The number of hydrogen-bond donors (Lipinski definition) is 7. The lowest BCUT2D eigenvalue weighted by atomic mass is 9.95. The molecule has 0 saturated carbocycles. The fraction of sp³-hybridized carbons (Fsp3) is 1.00. The lowest BCUT2D eigenvalue weighted by molar-refractivity contribution is -0.336. The van der Waals surface area contributed by atoms with Crippen molar-refractivity contribution < 1.29 is 44.8 Å². The molecule has 2 aliphatic heterocycles. The number of hydrogen-bond acceptors (Lipinski definition) is 10. The maximum atomic E-state index is 10.1. The molecule has 0 aromatic heterocycles. The summed E-state index contributed by atoms with van der Waals surface area (Å²) in [6.45, 7) is 1.05. The molecule has 2 saturated heterocycles. The minimum absolute atomic E-state index is 0.0671. The number of ether oxygens (including phenoxy) is 3. The largest absolute Gasteiger partial charge is 0.394 e. The molecule has 0 aliphatic carbocycles. The monoisotopic (exact) mass is 356 g/mol. The van der Waals surface area contributed by atoms with Crippen molar-refractivity contribution in [2.45, 2.75) is 68.1 Å². The van der Waals surface area contributed by atoms with Crippen molar-refractivity contribution in [2.24, 2.45) is 0 Å². The van der Waals surface area contributed by atoms with Gasteiger partial charge in [0.05, 0.1) is 18.8 Å². The first-order chi connectivity index (χ1) is 10.8. The quantitative estimate of drug-likeness (QED) is 0.256. The highest BCUT2D eigenvalue weighted by atomic mass is 32.1. The molecule has 2 heterocycles. The third kappa shape index (κ3) is 3.82. The van der Waals surface area contributed by atoms with Crippen LogP contribution in [0.4, 0.5) is 0 Å². The van der Waals surface area contributed by atoms with Crippen LogP contribution in [0.5, 0.6) is 0 Å². The topological polar surface area (TPSA) is 149 Å². The summed E-state index contributed by atoms with van der Waals surface area (Å²) in [6, 6.07) is 0. The summed E-state index contributed by atoms with van der Waals surface area (Å²) in [4.78, 5) is 0. The van der Waals surface area contributed by atoms with Crippen LogP contribution < -0.4 is 0 Å². The van der Waals surface area contributed by atoms with Crippen molar-refractivity contribution in [3.05, 3.63) is 0 Å². The average Bonchev–Trinajstić information content (AvgIpc) is 2.55. The molecule has 0 radical (unpaired) electrons. The zero-order valence-electron chi connectivity index (χ0n) is 12.5. The van der Waals surface area contributed by atoms with E-state index in [9.17, 15) is 30.6 Å². The zero-order chi connectivity index (χ0) is 17.3. The molecule has 10 atom stereocenters. The molecule has 4 unspecified atom stereocenters. The Labute approximate surface area is 138 Å². The molecule has 2 rings (SSSR count). The fourth-order valence-electron chi connectivity index (χ4n) is 2.78. The van der Waals surface area contributed by atoms with Crippen LogP contribution in [-0.2, 0) is 14.2 Å². The molecule has 0 bridgehead atoms. The molecule has 0 aromatic carbocycles. The molecule has 0 aromatic rings. The van der Waals surface area contributed by atoms with Crippen molar-refractivity contribution in [1.82, 2.24) is 0 Å². The number of aliphatic hydroxyl groups is 6. The van der Waals surface area contributed by atoms with E-state index in [2.05, 4.69) is 12.6 Å². The summed E-state index contributed by atoms with van der Waals surface area (Å²) in [5.74, 6) is 0.0671. The van der Waals surface area contributed by atoms with E-state index in [4.69, 9.17) is 14.2 Å². The van der Waals surface area contributed by atoms with Gasteiger partial charge in [-0.25, -0.2) is 0 Å². The van der Waals surface area contributed by atoms with Crippen LogP contribution in [-0.4, -0.2) is 104 Å². The first kappa shape index (κ1) is 19.3. The average molecular weight is 356 g/mol. The standard InChI is InChI=1S/C13H24O9S/c1-4-7(15)10(18)12(5(2-14)20-4)22-13-11(19)9(17)8(16)6(3-23)21-13/h4-19,23H,2-3H2,1H3/t4-,5?,6?,7?,8-,9-,10+,11?,12-,13-/m0/s1. The van der Waals surface area contributed by atoms with Gasteiger partial charge in [0.15, 0.2) is 6.29 Å². The van der Waals surface area contributed by atoms with Gasteiger partial charge in [0.25, 0.3) is 0 Å². The highest BCUT2D eigenvalue weighted by Gasteiger charge is 2.49. The van der Waals surface area contributed by atoms with Gasteiger partial charge in [-0.2, -0.15) is 12.6 Å². The van der Waals surface area contributed by atoms with Gasteiger partial charge in [0.1, 0.15) is 42.7 Å². The maximum absolute atomic E-state index is 10.1. The molecule has 2 aliphatic rings. The van der Waals surface area contributed by atoms with Crippen LogP contribution in [0.2, 0.25) is 0 Å². The third-order valence-electron chi connectivity index (χ3n) is 4.24. The van der Waals surface area contributed by atoms with E-state index in [-0.39, 0.29) is 5.75 Å². The van der Waals surface area contributed by atoms with E-state index in [1.807, 2.05) is 0 Å². The van der Waals surface area contributed by atoms with Crippen LogP contribution in [0.3, 0.4) is 0 Å². The number of aliphatic hydroxyl groups excluding tert-OH is 6. The summed E-state index contributed by atoms with van der Waals surface area (Å²) in [5.41, 5.74) is 0. The van der Waals surface area contributed by atoms with E-state index < -0.39 is 67.8 Å². The summed E-state index contributed by atoms with van der Waals surface area (Å²) >= 11 is 3.99. The normalized spacial score (nSPS) is 51.7. The summed E-state index contributed by atoms with van der Waals surface area (Å²) in [6.07, 6.45) is -12.2. The van der Waals surface area contributed by atoms with Gasteiger partial charge >= 0.3 is 0 Å². The minimum Gasteiger partial charge on any atom is -0.394 e. The first-order valence-corrected chi connectivity index (χ1v) is 8.03. The van der Waals surface area contributed by atoms with Crippen LogP contribution in [0.25, 0.3) is 0 Å². The van der Waals surface area contributed by atoms with Gasteiger partial charge in [-0.05, 0) is 6.92 Å². The second-order valence-corrected chi connectivity index (χ2v) is 6.21. The Hall–Kier alpha value is -0.0100. The van der Waals surface area contributed by atoms with Crippen molar-refractivity contribution >= 4 is 12.6 Å². The van der Waals surface area contributed by atoms with E-state index in [1.165, 1.54) is 6.92 Å². The number of thiol groups is 1. The molecule has 10 heteroatoms. The second-order valence-electron chi connectivity index (χ2n) is 5.84. The minimum atomic E-state index is -1.58. The Morgan fingerprint density at radius 2 is 1.52 bits per heavy atom. The molecule has 9 nitrogen and oxygen atoms in total. The molecule has 2 fully saturated rings. The van der Waals surface area contributed by atoms with Gasteiger partial charge in [0.2, 0.25) is 0 Å². The van der Waals surface area contributed by atoms with Gasteiger partial charge in [-0.3, -0.25) is 0 Å². The van der Waals surface area contributed by atoms with E-state index in [1.54, 1.807) is 0 Å². The summed E-state index contributed by atoms with van der Waals surface area (Å²) in [5, 5.41) is 59.0. The predicted molar refractivity (Wildman–Crippen MR) is 78.8 cm³/mol. The van der Waals surface area contributed by atoms with Crippen molar-refractivity contribution in [1.29, 1.82) is 0 Å². The maximum Gasteiger partial charge on any atom is 0.187 e. The Balaban J connectivity index is 2.11. The van der Waals surface area contributed by atoms with Crippen molar-refractivity contribution in [2.75, 3.05) is 12.4 Å². The van der Waals surface area contributed by atoms with Crippen LogP contribution in [0, 0.1) is 0 Å². The lowest BCUT2D eigenvalue weighted by Gasteiger charge is -2.45. The molecule has 136 valence electrons. The summed E-state index contributed by atoms with van der Waals surface area (Å²) < 4.78 is 16.2. The molecular weight excluding hydrogens is 332 g/mol. The van der Waals surface area contributed by atoms with Crippen molar-refractivity contribution in [3.8, 4) is 0 Å². The molecular formula is C13H24O9S. The number of rotatable bonds is 4. The molecule has 6 N–H and O–H groups in total. The smallest absolute Gasteiger partial charge is 0.187 e. The predicted octanol–water partition coefficient (Wildman–Crippen LogP) is -3.39. The Morgan fingerprint density at radius 1 is 0.870 bits per heavy atom. The van der Waals surface area contributed by atoms with E-state index in [0.29, 0.717) is 0 Å². The van der Waals surface area contributed by atoms with E-state index >= 15 is 0 Å². The molecule has 0 spiro atoms. The summed E-state index contributed by atoms with van der Waals surface area (Å²) in [7, 11) is 0. The second kappa shape index (κ2) is 7.91. The van der Waals surface area contributed by atoms with Gasteiger partial charge in [-0.1, -0.05) is 0 Å². The molecule has 0 amide bonds. The van der Waals surface area contributed by atoms with E-state index in [0.717, 1.165) is 0 Å². The highest BCUT2D eigenvalue weighted by molar-refractivity contribution is 7.80. The van der Waals surface area contributed by atoms with Gasteiger partial charge in [-0.15, -0.1) is 0 Å². The Bertz CT molecular complexity index is 382. The van der Waals surface area contributed by atoms with Gasteiger partial charge < -0.3 is 44.8 Å².